The molecule has 0 radical (unpaired) electrons. The fourth-order valence-electron chi connectivity index (χ4n) is 3.48. The molecule has 0 atom stereocenters. The van der Waals surface area contributed by atoms with Gasteiger partial charge >= 0.3 is 0 Å². The number of H-pyrrole nitrogens is 1. The minimum absolute atomic E-state index is 0.151. The minimum Gasteiger partial charge on any atom is -0.388 e. The third-order valence-corrected chi connectivity index (χ3v) is 5.11. The number of imidazole rings is 1. The molecular formula is C17H19BrN4O2. The second kappa shape index (κ2) is 6.31. The van der Waals surface area contributed by atoms with E-state index < -0.39 is 0 Å². The van der Waals surface area contributed by atoms with Gasteiger partial charge in [-0.2, -0.15) is 0 Å². The molecule has 0 spiro atoms. The SMILES string of the molecule is Nc1nc2cc(Br)cc(CC3CCOCC3)c2c2nc(CO)[nH]c12. The molecule has 0 saturated carbocycles. The Morgan fingerprint density at radius 3 is 2.83 bits per heavy atom. The molecule has 4 rings (SSSR count). The number of hydrogen-bond acceptors (Lipinski definition) is 5. The van der Waals surface area contributed by atoms with Crippen molar-refractivity contribution in [2.24, 2.45) is 5.92 Å². The first kappa shape index (κ1) is 15.8. The number of pyridine rings is 1. The largest absolute Gasteiger partial charge is 0.388 e. The number of nitrogens with one attached hydrogen (secondary N) is 1. The molecule has 2 aromatic heterocycles. The van der Waals surface area contributed by atoms with Crippen LogP contribution in [0.1, 0.15) is 24.2 Å². The van der Waals surface area contributed by atoms with Crippen molar-refractivity contribution in [1.29, 1.82) is 0 Å². The predicted octanol–water partition coefficient (Wildman–Crippen LogP) is 2.92. The Kier molecular flexibility index (Phi) is 4.15. The van der Waals surface area contributed by atoms with Crippen molar-refractivity contribution in [1.82, 2.24) is 15.0 Å². The Morgan fingerprint density at radius 2 is 2.08 bits per heavy atom. The van der Waals surface area contributed by atoms with Crippen LogP contribution in [0.5, 0.6) is 0 Å². The summed E-state index contributed by atoms with van der Waals surface area (Å²) in [4.78, 5) is 12.1. The van der Waals surface area contributed by atoms with E-state index >= 15 is 0 Å². The number of aromatic nitrogens is 3. The van der Waals surface area contributed by atoms with Crippen LogP contribution < -0.4 is 5.73 Å². The lowest BCUT2D eigenvalue weighted by Gasteiger charge is -2.22. The minimum atomic E-state index is -0.151. The van der Waals surface area contributed by atoms with Gasteiger partial charge in [0.05, 0.1) is 5.52 Å². The number of nitrogen functional groups attached to an aromatic ring is 1. The maximum Gasteiger partial charge on any atom is 0.150 e. The van der Waals surface area contributed by atoms with E-state index in [0.717, 1.165) is 53.4 Å². The number of anilines is 1. The van der Waals surface area contributed by atoms with Gasteiger partial charge in [-0.05, 0) is 42.9 Å². The summed E-state index contributed by atoms with van der Waals surface area (Å²) in [6, 6.07) is 4.11. The highest BCUT2D eigenvalue weighted by atomic mass is 79.9. The molecule has 1 saturated heterocycles. The summed E-state index contributed by atoms with van der Waals surface area (Å²) in [5.74, 6) is 1.51. The van der Waals surface area contributed by atoms with Crippen LogP contribution in [0.4, 0.5) is 5.82 Å². The summed E-state index contributed by atoms with van der Waals surface area (Å²) in [5, 5.41) is 10.4. The number of aliphatic hydroxyl groups is 1. The third-order valence-electron chi connectivity index (χ3n) is 4.65. The number of nitrogens with zero attached hydrogens (tertiary/aromatic N) is 2. The number of hydrogen-bond donors (Lipinski definition) is 3. The van der Waals surface area contributed by atoms with E-state index in [1.54, 1.807) is 0 Å². The zero-order valence-corrected chi connectivity index (χ0v) is 14.8. The van der Waals surface area contributed by atoms with Crippen LogP contribution in [0.15, 0.2) is 16.6 Å². The van der Waals surface area contributed by atoms with Crippen LogP contribution in [0.25, 0.3) is 21.9 Å². The van der Waals surface area contributed by atoms with Crippen molar-refractivity contribution in [3.8, 4) is 0 Å². The smallest absolute Gasteiger partial charge is 0.150 e. The quantitative estimate of drug-likeness (QED) is 0.638. The number of nitrogens with two attached hydrogens (primary N) is 1. The number of rotatable bonds is 3. The Balaban J connectivity index is 1.92. The highest BCUT2D eigenvalue weighted by molar-refractivity contribution is 9.10. The van der Waals surface area contributed by atoms with Crippen LogP contribution in [0.3, 0.4) is 0 Å². The Labute approximate surface area is 147 Å². The summed E-state index contributed by atoms with van der Waals surface area (Å²) in [6.45, 7) is 1.50. The number of fused-ring (bicyclic) bond motifs is 3. The van der Waals surface area contributed by atoms with Crippen molar-refractivity contribution >= 4 is 43.7 Å². The molecule has 7 heteroatoms. The van der Waals surface area contributed by atoms with Crippen LogP contribution in [-0.4, -0.2) is 33.3 Å². The lowest BCUT2D eigenvalue weighted by Crippen LogP contribution is -2.17. The normalized spacial score (nSPS) is 16.2. The second-order valence-electron chi connectivity index (χ2n) is 6.28. The van der Waals surface area contributed by atoms with Gasteiger partial charge < -0.3 is 20.6 Å². The van der Waals surface area contributed by atoms with Crippen molar-refractivity contribution in [2.75, 3.05) is 18.9 Å². The Morgan fingerprint density at radius 1 is 1.29 bits per heavy atom. The van der Waals surface area contributed by atoms with Gasteiger partial charge in [0.1, 0.15) is 29.3 Å². The molecular weight excluding hydrogens is 372 g/mol. The zero-order valence-electron chi connectivity index (χ0n) is 13.2. The molecule has 6 nitrogen and oxygen atoms in total. The van der Waals surface area contributed by atoms with Crippen molar-refractivity contribution in [3.63, 3.8) is 0 Å². The van der Waals surface area contributed by atoms with E-state index in [0.29, 0.717) is 23.1 Å². The van der Waals surface area contributed by atoms with E-state index in [1.165, 1.54) is 5.56 Å². The van der Waals surface area contributed by atoms with Gasteiger partial charge in [-0.25, -0.2) is 9.97 Å². The number of benzene rings is 1. The topological polar surface area (TPSA) is 97.1 Å². The van der Waals surface area contributed by atoms with Crippen molar-refractivity contribution in [3.05, 3.63) is 28.0 Å². The fourth-order valence-corrected chi connectivity index (χ4v) is 3.97. The van der Waals surface area contributed by atoms with Gasteiger partial charge in [0.25, 0.3) is 0 Å². The Bertz CT molecular complexity index is 903. The molecule has 3 heterocycles. The van der Waals surface area contributed by atoms with E-state index in [9.17, 15) is 5.11 Å². The van der Waals surface area contributed by atoms with Crippen LogP contribution >= 0.6 is 15.9 Å². The summed E-state index contributed by atoms with van der Waals surface area (Å²) >= 11 is 3.58. The number of ether oxygens (including phenoxy) is 1. The molecule has 126 valence electrons. The maximum atomic E-state index is 9.40. The molecule has 0 aliphatic carbocycles. The van der Waals surface area contributed by atoms with E-state index in [-0.39, 0.29) is 6.61 Å². The number of halogens is 1. The lowest BCUT2D eigenvalue weighted by molar-refractivity contribution is 0.0666. The summed E-state index contributed by atoms with van der Waals surface area (Å²) < 4.78 is 6.46. The number of aromatic amines is 1. The molecule has 1 aliphatic heterocycles. The predicted molar refractivity (Wildman–Crippen MR) is 96.7 cm³/mol. The van der Waals surface area contributed by atoms with Gasteiger partial charge in [-0.15, -0.1) is 0 Å². The number of aliphatic hydroxyl groups excluding tert-OH is 1. The third kappa shape index (κ3) is 2.76. The molecule has 0 bridgehead atoms. The van der Waals surface area contributed by atoms with Crippen LogP contribution in [-0.2, 0) is 17.8 Å². The van der Waals surface area contributed by atoms with Gasteiger partial charge in [0.15, 0.2) is 0 Å². The summed E-state index contributed by atoms with van der Waals surface area (Å²) in [7, 11) is 0. The first-order valence-electron chi connectivity index (χ1n) is 8.10. The highest BCUT2D eigenvalue weighted by Gasteiger charge is 2.19. The lowest BCUT2D eigenvalue weighted by atomic mass is 9.90. The van der Waals surface area contributed by atoms with E-state index in [2.05, 4.69) is 36.9 Å². The van der Waals surface area contributed by atoms with Crippen molar-refractivity contribution in [2.45, 2.75) is 25.9 Å². The van der Waals surface area contributed by atoms with Crippen LogP contribution in [0, 0.1) is 5.92 Å². The summed E-state index contributed by atoms with van der Waals surface area (Å²) in [5.41, 5.74) is 9.60. The van der Waals surface area contributed by atoms with E-state index in [4.69, 9.17) is 10.5 Å². The summed E-state index contributed by atoms with van der Waals surface area (Å²) in [6.07, 6.45) is 3.10. The molecule has 1 fully saturated rings. The zero-order chi connectivity index (χ0) is 16.7. The van der Waals surface area contributed by atoms with Gasteiger partial charge in [0, 0.05) is 23.1 Å². The van der Waals surface area contributed by atoms with Gasteiger partial charge in [-0.3, -0.25) is 0 Å². The molecule has 0 amide bonds. The van der Waals surface area contributed by atoms with Gasteiger partial charge in [-0.1, -0.05) is 15.9 Å². The molecule has 1 aromatic carbocycles. The van der Waals surface area contributed by atoms with Gasteiger partial charge in [0.2, 0.25) is 0 Å². The van der Waals surface area contributed by atoms with Crippen molar-refractivity contribution < 1.29 is 9.84 Å². The molecule has 4 N–H and O–H groups in total. The second-order valence-corrected chi connectivity index (χ2v) is 7.20. The van der Waals surface area contributed by atoms with Crippen LogP contribution in [0.2, 0.25) is 0 Å². The molecule has 1 aliphatic rings. The first-order chi connectivity index (χ1) is 11.7. The average molecular weight is 391 g/mol. The monoisotopic (exact) mass is 390 g/mol. The molecule has 0 unspecified atom stereocenters. The fraction of sp³-hybridized carbons (Fsp3) is 0.412. The maximum absolute atomic E-state index is 9.40. The highest BCUT2D eigenvalue weighted by Crippen LogP contribution is 2.34. The molecule has 24 heavy (non-hydrogen) atoms. The average Bonchev–Trinajstić information content (AvgIpc) is 3.00. The molecule has 3 aromatic rings. The van der Waals surface area contributed by atoms with E-state index in [1.807, 2.05) is 6.07 Å². The standard InChI is InChI=1S/C17H19BrN4O2/c18-11-6-10(5-9-1-3-24-4-2-9)14-12(7-11)20-17(19)16-15(14)21-13(8-23)22-16/h6-7,9,23H,1-5,8H2,(H2,19,20)(H,21,22). The first-order valence-corrected chi connectivity index (χ1v) is 8.90. The Hall–Kier alpha value is -1.70.